The van der Waals surface area contributed by atoms with Crippen molar-refractivity contribution in [2.75, 3.05) is 26.1 Å². The van der Waals surface area contributed by atoms with Crippen molar-refractivity contribution in [1.29, 1.82) is 0 Å². The summed E-state index contributed by atoms with van der Waals surface area (Å²) < 4.78 is 51.0. The third kappa shape index (κ3) is 6.07. The molecule has 2 aromatic heterocycles. The fraction of sp³-hybridized carbons (Fsp3) is 0.667. The van der Waals surface area contributed by atoms with Crippen molar-refractivity contribution in [2.45, 2.75) is 44.6 Å². The molecule has 3 rings (SSSR count). The fourth-order valence-corrected chi connectivity index (χ4v) is 4.38. The number of aromatic nitrogens is 4. The molecule has 2 aromatic rings. The van der Waals surface area contributed by atoms with Gasteiger partial charge in [0.1, 0.15) is 30.3 Å². The molecule has 1 aliphatic rings. The van der Waals surface area contributed by atoms with Gasteiger partial charge in [-0.2, -0.15) is 0 Å². The highest BCUT2D eigenvalue weighted by Crippen LogP contribution is 2.49. The van der Waals surface area contributed by atoms with Crippen LogP contribution in [0.15, 0.2) is 12.7 Å². The average Bonchev–Trinajstić information content (AvgIpc) is 3.31. The minimum atomic E-state index is -4.37. The summed E-state index contributed by atoms with van der Waals surface area (Å²) in [7, 11) is -7.69. The maximum absolute atomic E-state index is 12.1. The maximum atomic E-state index is 12.1. The second-order valence-electron chi connectivity index (χ2n) is 6.69. The zero-order valence-corrected chi connectivity index (χ0v) is 18.7. The highest BCUT2D eigenvalue weighted by molar-refractivity contribution is 7.47. The Kier molecular flexibility index (Phi) is 7.79. The van der Waals surface area contributed by atoms with Crippen molar-refractivity contribution < 1.29 is 41.7 Å². The monoisotopic (exact) mass is 481 g/mol. The lowest BCUT2D eigenvalue weighted by Gasteiger charge is -2.21. The van der Waals surface area contributed by atoms with E-state index in [9.17, 15) is 18.9 Å². The molecule has 1 aliphatic heterocycles. The van der Waals surface area contributed by atoms with E-state index in [0.717, 1.165) is 13.5 Å². The number of hydrogen-bond acceptors (Lipinski definition) is 11. The number of hydrogen-bond donors (Lipinski definition) is 3. The number of unbranched alkanes of at least 4 members (excludes halogenated alkanes) is 1. The maximum Gasteiger partial charge on any atom is 0.472 e. The van der Waals surface area contributed by atoms with Gasteiger partial charge in [-0.15, -0.1) is 0 Å². The van der Waals surface area contributed by atoms with Crippen LogP contribution in [-0.4, -0.2) is 61.8 Å². The summed E-state index contributed by atoms with van der Waals surface area (Å²) in [5.41, 5.74) is 6.54. The third-order valence-corrected chi connectivity index (χ3v) is 6.51. The molecule has 3 heterocycles. The van der Waals surface area contributed by atoms with Gasteiger partial charge in [-0.25, -0.2) is 24.1 Å². The number of imidazole rings is 1. The van der Waals surface area contributed by atoms with Crippen LogP contribution in [-0.2, 0) is 32.0 Å². The lowest BCUT2D eigenvalue weighted by Crippen LogP contribution is -2.28. The highest BCUT2D eigenvalue weighted by Gasteiger charge is 2.43. The van der Waals surface area contributed by atoms with Crippen LogP contribution in [0, 0.1) is 0 Å². The van der Waals surface area contributed by atoms with Crippen LogP contribution in [0.4, 0.5) is 5.82 Å². The van der Waals surface area contributed by atoms with Gasteiger partial charge < -0.3 is 20.3 Å². The quantitative estimate of drug-likeness (QED) is 0.311. The van der Waals surface area contributed by atoms with Gasteiger partial charge in [0.05, 0.1) is 19.5 Å². The number of nitrogens with zero attached hydrogens (tertiary/aromatic N) is 4. The van der Waals surface area contributed by atoms with Gasteiger partial charge in [-0.3, -0.25) is 22.7 Å². The summed E-state index contributed by atoms with van der Waals surface area (Å²) >= 11 is 0. The number of anilines is 1. The van der Waals surface area contributed by atoms with Crippen LogP contribution in [0.1, 0.15) is 32.4 Å². The summed E-state index contributed by atoms with van der Waals surface area (Å²) in [6.07, 6.45) is 1.39. The molecular formula is C15H25N5O9P2. The molecule has 31 heavy (non-hydrogen) atoms. The number of ether oxygens (including phenoxy) is 1. The Labute approximate surface area is 177 Å². The summed E-state index contributed by atoms with van der Waals surface area (Å²) in [6.45, 7) is 1.52. The lowest BCUT2D eigenvalue weighted by atomic mass is 10.2. The summed E-state index contributed by atoms with van der Waals surface area (Å²) in [5, 5.41) is 0. The van der Waals surface area contributed by atoms with E-state index in [2.05, 4.69) is 19.5 Å². The van der Waals surface area contributed by atoms with Crippen LogP contribution in [0.5, 0.6) is 0 Å². The van der Waals surface area contributed by atoms with Gasteiger partial charge >= 0.3 is 15.6 Å². The number of fused-ring (bicyclic) bond motifs is 1. The predicted molar refractivity (Wildman–Crippen MR) is 107 cm³/mol. The van der Waals surface area contributed by atoms with E-state index in [1.54, 1.807) is 4.57 Å². The molecule has 3 unspecified atom stereocenters. The molecule has 1 saturated heterocycles. The number of phosphoric ester groups is 2. The second-order valence-corrected chi connectivity index (χ2v) is 9.66. The molecule has 5 atom stereocenters. The van der Waals surface area contributed by atoms with E-state index in [4.69, 9.17) is 24.0 Å². The summed E-state index contributed by atoms with van der Waals surface area (Å²) in [4.78, 5) is 31.7. The van der Waals surface area contributed by atoms with Crippen LogP contribution in [0.25, 0.3) is 11.2 Å². The van der Waals surface area contributed by atoms with E-state index >= 15 is 0 Å². The minimum absolute atomic E-state index is 0.0516. The predicted octanol–water partition coefficient (Wildman–Crippen LogP) is 1.76. The van der Waals surface area contributed by atoms with Crippen LogP contribution in [0.2, 0.25) is 0 Å². The fourth-order valence-electron chi connectivity index (χ4n) is 2.96. The van der Waals surface area contributed by atoms with Gasteiger partial charge in [-0.1, -0.05) is 13.3 Å². The van der Waals surface area contributed by atoms with E-state index in [-0.39, 0.29) is 18.8 Å². The first-order valence-electron chi connectivity index (χ1n) is 9.43. The Bertz CT molecular complexity index is 989. The molecule has 0 radical (unpaired) electrons. The molecule has 1 fully saturated rings. The Hall–Kier alpha value is -1.47. The SMILES string of the molecule is CCCCOP(=O)(O)OC[C@H]1O[C@@H](n2cnc3c(N)ncnc32)CC1OP(=O)(O)OC. The van der Waals surface area contributed by atoms with Crippen molar-refractivity contribution in [3.05, 3.63) is 12.7 Å². The third-order valence-electron chi connectivity index (χ3n) is 4.53. The Morgan fingerprint density at radius 3 is 2.74 bits per heavy atom. The Morgan fingerprint density at radius 1 is 1.26 bits per heavy atom. The smallest absolute Gasteiger partial charge is 0.382 e. The first kappa shape index (κ1) is 24.2. The van der Waals surface area contributed by atoms with Gasteiger partial charge in [0.2, 0.25) is 0 Å². The largest absolute Gasteiger partial charge is 0.472 e. The number of nitrogens with two attached hydrogens (primary N) is 1. The molecule has 4 N–H and O–H groups in total. The zero-order chi connectivity index (χ0) is 22.6. The molecule has 174 valence electrons. The number of phosphoric acid groups is 2. The highest BCUT2D eigenvalue weighted by atomic mass is 31.2. The van der Waals surface area contributed by atoms with E-state index in [1.165, 1.54) is 12.7 Å². The van der Waals surface area contributed by atoms with Crippen LogP contribution in [0.3, 0.4) is 0 Å². The van der Waals surface area contributed by atoms with Gasteiger partial charge in [0.25, 0.3) is 0 Å². The van der Waals surface area contributed by atoms with Crippen molar-refractivity contribution in [1.82, 2.24) is 19.5 Å². The molecule has 0 aliphatic carbocycles. The lowest BCUT2D eigenvalue weighted by molar-refractivity contribution is -0.0438. The molecule has 0 amide bonds. The topological polar surface area (TPSA) is 190 Å². The number of rotatable bonds is 11. The molecule has 0 aromatic carbocycles. The molecular weight excluding hydrogens is 456 g/mol. The molecule has 16 heteroatoms. The van der Waals surface area contributed by atoms with E-state index in [0.29, 0.717) is 17.6 Å². The van der Waals surface area contributed by atoms with Crippen LogP contribution >= 0.6 is 15.6 Å². The second kappa shape index (κ2) is 9.99. The average molecular weight is 481 g/mol. The van der Waals surface area contributed by atoms with E-state index in [1.807, 2.05) is 6.92 Å². The van der Waals surface area contributed by atoms with Gasteiger partial charge in [0.15, 0.2) is 11.5 Å². The van der Waals surface area contributed by atoms with Gasteiger partial charge in [-0.05, 0) is 6.42 Å². The summed E-state index contributed by atoms with van der Waals surface area (Å²) in [6, 6.07) is 0. The standard InChI is InChI=1S/C15H25N5O9P2/c1-3-4-5-26-31(23,24)27-7-11-10(29-30(21,22)25-2)6-12(28-11)20-9-19-13-14(16)17-8-18-15(13)20/h8-12H,3-7H2,1-2H3,(H,21,22)(H,23,24)(H2,16,17,18)/t10?,11-,12-/m1/s1. The Morgan fingerprint density at radius 2 is 2.03 bits per heavy atom. The zero-order valence-electron chi connectivity index (χ0n) is 16.9. The molecule has 0 spiro atoms. The normalized spacial score (nSPS) is 25.5. The van der Waals surface area contributed by atoms with E-state index < -0.39 is 40.7 Å². The first-order chi connectivity index (χ1) is 14.7. The van der Waals surface area contributed by atoms with Crippen molar-refractivity contribution in [3.63, 3.8) is 0 Å². The van der Waals surface area contributed by atoms with Gasteiger partial charge in [0, 0.05) is 13.5 Å². The molecule has 0 saturated carbocycles. The van der Waals surface area contributed by atoms with Crippen molar-refractivity contribution >= 4 is 32.6 Å². The van der Waals surface area contributed by atoms with Crippen molar-refractivity contribution in [2.24, 2.45) is 0 Å². The molecule has 14 nitrogen and oxygen atoms in total. The minimum Gasteiger partial charge on any atom is -0.382 e. The summed E-state index contributed by atoms with van der Waals surface area (Å²) in [5.74, 6) is 0.180. The first-order valence-corrected chi connectivity index (χ1v) is 12.4. The van der Waals surface area contributed by atoms with Crippen molar-refractivity contribution in [3.8, 4) is 0 Å². The van der Waals surface area contributed by atoms with Crippen LogP contribution < -0.4 is 5.73 Å². The Balaban J connectivity index is 1.76. The molecule has 0 bridgehead atoms. The number of nitrogen functional groups attached to an aromatic ring is 1.